The fourth-order valence-electron chi connectivity index (χ4n) is 2.10. The van der Waals surface area contributed by atoms with E-state index in [2.05, 4.69) is 15.4 Å². The van der Waals surface area contributed by atoms with Crippen LogP contribution in [-0.4, -0.2) is 25.4 Å². The van der Waals surface area contributed by atoms with Gasteiger partial charge in [-0.05, 0) is 49.7 Å². The molecule has 0 saturated carbocycles. The molecule has 0 radical (unpaired) electrons. The van der Waals surface area contributed by atoms with Crippen molar-refractivity contribution in [1.82, 2.24) is 5.32 Å². The number of benzene rings is 1. The molecule has 0 aliphatic carbocycles. The number of nitrogens with one attached hydrogen (secondary N) is 2. The predicted octanol–water partition coefficient (Wildman–Crippen LogP) is 2.95. The van der Waals surface area contributed by atoms with E-state index in [-0.39, 0.29) is 24.1 Å². The Hall–Kier alpha value is -1.47. The number of halogens is 4. The van der Waals surface area contributed by atoms with E-state index in [4.69, 9.17) is 0 Å². The van der Waals surface area contributed by atoms with Crippen LogP contribution in [0.25, 0.3) is 0 Å². The van der Waals surface area contributed by atoms with E-state index in [1.165, 1.54) is 24.3 Å². The van der Waals surface area contributed by atoms with Crippen LogP contribution in [0.5, 0.6) is 5.75 Å². The summed E-state index contributed by atoms with van der Waals surface area (Å²) >= 11 is 0. The van der Waals surface area contributed by atoms with E-state index >= 15 is 0 Å². The van der Waals surface area contributed by atoms with Gasteiger partial charge < -0.3 is 15.4 Å². The smallest absolute Gasteiger partial charge is 0.406 e. The van der Waals surface area contributed by atoms with E-state index in [1.54, 1.807) is 0 Å². The Morgan fingerprint density at radius 1 is 1.33 bits per heavy atom. The largest absolute Gasteiger partial charge is 0.573 e. The molecule has 2 N–H and O–H groups in total. The van der Waals surface area contributed by atoms with Gasteiger partial charge in [0, 0.05) is 12.1 Å². The van der Waals surface area contributed by atoms with Gasteiger partial charge in [0.2, 0.25) is 5.91 Å². The first-order valence-electron chi connectivity index (χ1n) is 6.29. The maximum absolute atomic E-state index is 12.0. The van der Waals surface area contributed by atoms with Gasteiger partial charge in [-0.15, -0.1) is 25.6 Å². The summed E-state index contributed by atoms with van der Waals surface area (Å²) in [4.78, 5) is 11.7. The van der Waals surface area contributed by atoms with E-state index in [0.29, 0.717) is 18.0 Å². The number of anilines is 1. The monoisotopic (exact) mass is 324 g/mol. The molecular formula is C13H16ClF3N2O2. The van der Waals surface area contributed by atoms with Crippen LogP contribution >= 0.6 is 12.4 Å². The minimum atomic E-state index is -4.71. The lowest BCUT2D eigenvalue weighted by Gasteiger charge is -2.11. The Bertz CT molecular complexity index is 459. The van der Waals surface area contributed by atoms with Crippen LogP contribution in [0.1, 0.15) is 12.8 Å². The SMILES string of the molecule is Cl.O=C(CC1CCNC1)Nc1ccc(OC(F)(F)F)cc1. The molecule has 1 aromatic carbocycles. The van der Waals surface area contributed by atoms with Gasteiger partial charge in [-0.25, -0.2) is 0 Å². The highest BCUT2D eigenvalue weighted by Gasteiger charge is 2.31. The second kappa shape index (κ2) is 7.51. The summed E-state index contributed by atoms with van der Waals surface area (Å²) in [6.07, 6.45) is -3.33. The van der Waals surface area contributed by atoms with Crippen LogP contribution in [0.15, 0.2) is 24.3 Å². The van der Waals surface area contributed by atoms with Crippen LogP contribution in [0.3, 0.4) is 0 Å². The van der Waals surface area contributed by atoms with Crippen molar-refractivity contribution < 1.29 is 22.7 Å². The third-order valence-corrected chi connectivity index (χ3v) is 3.01. The Morgan fingerprint density at radius 3 is 2.52 bits per heavy atom. The Morgan fingerprint density at radius 2 is 2.00 bits per heavy atom. The molecule has 1 aliphatic rings. The predicted molar refractivity (Wildman–Crippen MR) is 74.6 cm³/mol. The van der Waals surface area contributed by atoms with Crippen molar-refractivity contribution in [3.05, 3.63) is 24.3 Å². The summed E-state index contributed by atoms with van der Waals surface area (Å²) in [6.45, 7) is 1.74. The highest BCUT2D eigenvalue weighted by Crippen LogP contribution is 2.24. The van der Waals surface area contributed by atoms with Crippen molar-refractivity contribution in [2.45, 2.75) is 19.2 Å². The molecule has 1 amide bonds. The van der Waals surface area contributed by atoms with Crippen molar-refractivity contribution >= 4 is 24.0 Å². The first kappa shape index (κ1) is 17.6. The van der Waals surface area contributed by atoms with Gasteiger partial charge in [0.05, 0.1) is 0 Å². The van der Waals surface area contributed by atoms with Crippen LogP contribution in [0.2, 0.25) is 0 Å². The number of hydrogen-bond donors (Lipinski definition) is 2. The van der Waals surface area contributed by atoms with Crippen molar-refractivity contribution in [3.8, 4) is 5.75 Å². The molecule has 1 fully saturated rings. The number of amides is 1. The molecular weight excluding hydrogens is 309 g/mol. The molecule has 0 aromatic heterocycles. The summed E-state index contributed by atoms with van der Waals surface area (Å²) in [5, 5.41) is 5.82. The van der Waals surface area contributed by atoms with E-state index in [0.717, 1.165) is 19.5 Å². The van der Waals surface area contributed by atoms with Crippen LogP contribution in [0, 0.1) is 5.92 Å². The van der Waals surface area contributed by atoms with E-state index in [1.807, 2.05) is 0 Å². The summed E-state index contributed by atoms with van der Waals surface area (Å²) in [5.74, 6) is -0.124. The molecule has 1 unspecified atom stereocenters. The Kier molecular flexibility index (Phi) is 6.29. The third kappa shape index (κ3) is 6.22. The summed E-state index contributed by atoms with van der Waals surface area (Å²) in [5.41, 5.74) is 0.454. The van der Waals surface area contributed by atoms with Crippen molar-refractivity contribution in [3.63, 3.8) is 0 Å². The first-order chi connectivity index (χ1) is 9.42. The van der Waals surface area contributed by atoms with Gasteiger partial charge in [-0.3, -0.25) is 4.79 Å². The summed E-state index contributed by atoms with van der Waals surface area (Å²) in [7, 11) is 0. The van der Waals surface area contributed by atoms with Gasteiger partial charge in [-0.2, -0.15) is 0 Å². The Labute approximate surface area is 126 Å². The zero-order chi connectivity index (χ0) is 14.6. The molecule has 1 saturated heterocycles. The van der Waals surface area contributed by atoms with Gasteiger partial charge in [0.15, 0.2) is 0 Å². The highest BCUT2D eigenvalue weighted by atomic mass is 35.5. The summed E-state index contributed by atoms with van der Waals surface area (Å²) < 4.78 is 39.7. The average molecular weight is 325 g/mol. The van der Waals surface area contributed by atoms with E-state index < -0.39 is 6.36 Å². The average Bonchev–Trinajstić information content (AvgIpc) is 2.82. The molecule has 1 heterocycles. The molecule has 118 valence electrons. The van der Waals surface area contributed by atoms with Crippen LogP contribution in [0.4, 0.5) is 18.9 Å². The fourth-order valence-corrected chi connectivity index (χ4v) is 2.10. The lowest BCUT2D eigenvalue weighted by Crippen LogP contribution is -2.18. The minimum absolute atomic E-state index is 0. The van der Waals surface area contributed by atoms with Crippen LogP contribution < -0.4 is 15.4 Å². The standard InChI is InChI=1S/C13H15F3N2O2.ClH/c14-13(15,16)20-11-3-1-10(2-4-11)18-12(19)7-9-5-6-17-8-9;/h1-4,9,17H,5-8H2,(H,18,19);1H. The zero-order valence-corrected chi connectivity index (χ0v) is 11.9. The number of rotatable bonds is 4. The minimum Gasteiger partial charge on any atom is -0.406 e. The quantitative estimate of drug-likeness (QED) is 0.895. The number of carbonyl (C=O) groups excluding carboxylic acids is 1. The second-order valence-electron chi connectivity index (χ2n) is 4.68. The number of alkyl halides is 3. The second-order valence-corrected chi connectivity index (χ2v) is 4.68. The number of ether oxygens (including phenoxy) is 1. The maximum atomic E-state index is 12.0. The molecule has 8 heteroatoms. The maximum Gasteiger partial charge on any atom is 0.573 e. The normalized spacial score (nSPS) is 18.0. The van der Waals surface area contributed by atoms with Gasteiger partial charge in [0.25, 0.3) is 0 Å². The summed E-state index contributed by atoms with van der Waals surface area (Å²) in [6, 6.07) is 5.10. The third-order valence-electron chi connectivity index (χ3n) is 3.01. The lowest BCUT2D eigenvalue weighted by molar-refractivity contribution is -0.274. The number of hydrogen-bond acceptors (Lipinski definition) is 3. The van der Waals surface area contributed by atoms with Gasteiger partial charge >= 0.3 is 6.36 Å². The van der Waals surface area contributed by atoms with Gasteiger partial charge in [-0.1, -0.05) is 0 Å². The van der Waals surface area contributed by atoms with Crippen molar-refractivity contribution in [1.29, 1.82) is 0 Å². The van der Waals surface area contributed by atoms with E-state index in [9.17, 15) is 18.0 Å². The lowest BCUT2D eigenvalue weighted by atomic mass is 10.0. The highest BCUT2D eigenvalue weighted by molar-refractivity contribution is 5.90. The van der Waals surface area contributed by atoms with Crippen LogP contribution in [-0.2, 0) is 4.79 Å². The number of carbonyl (C=O) groups is 1. The van der Waals surface area contributed by atoms with Crippen molar-refractivity contribution in [2.24, 2.45) is 5.92 Å². The zero-order valence-electron chi connectivity index (χ0n) is 11.1. The topological polar surface area (TPSA) is 50.4 Å². The molecule has 1 aliphatic heterocycles. The molecule has 1 aromatic rings. The van der Waals surface area contributed by atoms with Gasteiger partial charge in [0.1, 0.15) is 5.75 Å². The molecule has 1 atom stereocenters. The molecule has 0 bridgehead atoms. The molecule has 0 spiro atoms. The fraction of sp³-hybridized carbons (Fsp3) is 0.462. The first-order valence-corrected chi connectivity index (χ1v) is 6.29. The molecule has 21 heavy (non-hydrogen) atoms. The Balaban J connectivity index is 0.00000220. The molecule has 4 nitrogen and oxygen atoms in total. The van der Waals surface area contributed by atoms with Crippen molar-refractivity contribution in [2.75, 3.05) is 18.4 Å². The molecule has 2 rings (SSSR count).